The summed E-state index contributed by atoms with van der Waals surface area (Å²) in [5.74, 6) is 0.279. The van der Waals surface area contributed by atoms with Gasteiger partial charge in [-0.1, -0.05) is 31.5 Å². The number of carbonyl (C=O) groups excluding carboxylic acids is 2. The van der Waals surface area contributed by atoms with Gasteiger partial charge in [-0.05, 0) is 42.8 Å². The predicted octanol–water partition coefficient (Wildman–Crippen LogP) is 4.17. The number of amides is 1. The van der Waals surface area contributed by atoms with Crippen molar-refractivity contribution in [3.8, 4) is 5.75 Å². The minimum Gasteiger partial charge on any atom is -0.493 e. The molecule has 3 rings (SSSR count). The first-order valence-electron chi connectivity index (χ1n) is 9.19. The summed E-state index contributed by atoms with van der Waals surface area (Å²) in [4.78, 5) is 27.7. The van der Waals surface area contributed by atoms with Gasteiger partial charge in [0.05, 0.1) is 6.61 Å². The molecule has 0 aromatic heterocycles. The number of hydrogen-bond donors (Lipinski definition) is 1. The number of esters is 1. The average molecular weight is 378 g/mol. The minimum absolute atomic E-state index is 0.151. The Balaban J connectivity index is 1.81. The topological polar surface area (TPSA) is 77.0 Å². The first-order chi connectivity index (χ1) is 13.6. The maximum absolute atomic E-state index is 12.2. The molecule has 1 N–H and O–H groups in total. The fourth-order valence-corrected chi connectivity index (χ4v) is 2.64. The molecule has 0 atom stereocenters. The quantitative estimate of drug-likeness (QED) is 0.446. The van der Waals surface area contributed by atoms with E-state index < -0.39 is 5.97 Å². The van der Waals surface area contributed by atoms with Gasteiger partial charge in [0, 0.05) is 23.7 Å². The Morgan fingerprint density at radius 2 is 1.93 bits per heavy atom. The second-order valence-electron chi connectivity index (χ2n) is 6.33. The molecule has 6 nitrogen and oxygen atoms in total. The molecule has 1 aliphatic rings. The van der Waals surface area contributed by atoms with Gasteiger partial charge < -0.3 is 14.8 Å². The Bertz CT molecular complexity index is 930. The molecular formula is C22H22N2O4. The number of para-hydroxylation sites is 1. The van der Waals surface area contributed by atoms with Crippen LogP contribution in [0.4, 0.5) is 5.69 Å². The summed E-state index contributed by atoms with van der Waals surface area (Å²) in [5.41, 5.74) is 2.30. The highest BCUT2D eigenvalue weighted by molar-refractivity contribution is 6.13. The molecule has 144 valence electrons. The van der Waals surface area contributed by atoms with Crippen LogP contribution in [0.25, 0.3) is 6.08 Å². The van der Waals surface area contributed by atoms with Crippen molar-refractivity contribution in [1.29, 1.82) is 0 Å². The van der Waals surface area contributed by atoms with Gasteiger partial charge >= 0.3 is 5.97 Å². The number of unbranched alkanes of at least 4 members (excludes halogenated alkanes) is 1. The molecule has 0 bridgehead atoms. The van der Waals surface area contributed by atoms with Gasteiger partial charge in [0.25, 0.3) is 0 Å². The number of cyclic esters (lactones) is 1. The van der Waals surface area contributed by atoms with E-state index in [1.165, 1.54) is 6.92 Å². The number of carbonyl (C=O) groups is 2. The fraction of sp³-hybridized carbons (Fsp3) is 0.227. The largest absolute Gasteiger partial charge is 0.493 e. The van der Waals surface area contributed by atoms with Crippen molar-refractivity contribution in [3.63, 3.8) is 0 Å². The molecule has 1 heterocycles. The molecule has 2 aromatic carbocycles. The lowest BCUT2D eigenvalue weighted by Crippen LogP contribution is -2.07. The van der Waals surface area contributed by atoms with E-state index in [1.807, 2.05) is 24.3 Å². The van der Waals surface area contributed by atoms with Gasteiger partial charge in [-0.3, -0.25) is 4.79 Å². The van der Waals surface area contributed by atoms with E-state index in [0.717, 1.165) is 18.4 Å². The molecule has 0 saturated heterocycles. The van der Waals surface area contributed by atoms with E-state index in [-0.39, 0.29) is 17.5 Å². The molecule has 2 aromatic rings. The van der Waals surface area contributed by atoms with E-state index in [2.05, 4.69) is 17.2 Å². The number of ether oxygens (including phenoxy) is 2. The number of rotatable bonds is 7. The molecule has 28 heavy (non-hydrogen) atoms. The maximum atomic E-state index is 12.2. The number of nitrogens with zero attached hydrogens (tertiary/aromatic N) is 1. The molecule has 0 radical (unpaired) electrons. The van der Waals surface area contributed by atoms with Crippen LogP contribution in [0, 0.1) is 0 Å². The number of nitrogens with one attached hydrogen (secondary N) is 1. The number of benzene rings is 2. The Morgan fingerprint density at radius 1 is 1.18 bits per heavy atom. The van der Waals surface area contributed by atoms with Crippen LogP contribution in [-0.4, -0.2) is 24.4 Å². The number of aliphatic imine (C=N–C) groups is 1. The van der Waals surface area contributed by atoms with Crippen molar-refractivity contribution >= 4 is 29.5 Å². The second kappa shape index (κ2) is 8.99. The van der Waals surface area contributed by atoms with E-state index in [9.17, 15) is 9.59 Å². The van der Waals surface area contributed by atoms with Crippen LogP contribution in [-0.2, 0) is 14.3 Å². The number of anilines is 1. The van der Waals surface area contributed by atoms with Crippen molar-refractivity contribution in [2.75, 3.05) is 11.9 Å². The van der Waals surface area contributed by atoms with Crippen molar-refractivity contribution < 1.29 is 19.1 Å². The predicted molar refractivity (Wildman–Crippen MR) is 108 cm³/mol. The standard InChI is InChI=1S/C22H22N2O4/c1-3-4-13-27-20-8-6-5-7-17(20)14-19-22(26)28-21(24-19)16-9-11-18(12-10-16)23-15(2)25/h5-12,14H,3-4,13H2,1-2H3,(H,23,25)/b19-14-. The zero-order valence-electron chi connectivity index (χ0n) is 15.9. The highest BCUT2D eigenvalue weighted by Crippen LogP contribution is 2.25. The lowest BCUT2D eigenvalue weighted by Gasteiger charge is -2.08. The normalized spacial score (nSPS) is 14.6. The summed E-state index contributed by atoms with van der Waals surface area (Å²) in [6.07, 6.45) is 3.68. The Kier molecular flexibility index (Phi) is 6.22. The first kappa shape index (κ1) is 19.4. The Morgan fingerprint density at radius 3 is 2.64 bits per heavy atom. The summed E-state index contributed by atoms with van der Waals surface area (Å²) in [7, 11) is 0. The lowest BCUT2D eigenvalue weighted by atomic mass is 10.1. The molecule has 1 amide bonds. The van der Waals surface area contributed by atoms with Crippen LogP contribution in [0.15, 0.2) is 59.2 Å². The first-order valence-corrected chi connectivity index (χ1v) is 9.19. The van der Waals surface area contributed by atoms with E-state index >= 15 is 0 Å². The van der Waals surface area contributed by atoms with Gasteiger partial charge in [-0.25, -0.2) is 9.79 Å². The third kappa shape index (κ3) is 4.85. The van der Waals surface area contributed by atoms with Gasteiger partial charge in [0.1, 0.15) is 5.75 Å². The van der Waals surface area contributed by atoms with Gasteiger partial charge in [-0.15, -0.1) is 0 Å². The van der Waals surface area contributed by atoms with Gasteiger partial charge in [0.2, 0.25) is 11.8 Å². The fourth-order valence-electron chi connectivity index (χ4n) is 2.64. The SMILES string of the molecule is CCCCOc1ccccc1/C=C1\N=C(c2ccc(NC(C)=O)cc2)OC1=O. The van der Waals surface area contributed by atoms with Gasteiger partial charge in [-0.2, -0.15) is 0 Å². The monoisotopic (exact) mass is 378 g/mol. The zero-order valence-corrected chi connectivity index (χ0v) is 15.9. The third-order valence-electron chi connectivity index (χ3n) is 4.04. The summed E-state index contributed by atoms with van der Waals surface area (Å²) in [6.45, 7) is 4.17. The van der Waals surface area contributed by atoms with Gasteiger partial charge in [0.15, 0.2) is 5.70 Å². The van der Waals surface area contributed by atoms with Crippen LogP contribution in [0.2, 0.25) is 0 Å². The molecule has 6 heteroatoms. The maximum Gasteiger partial charge on any atom is 0.363 e. The van der Waals surface area contributed by atoms with Crippen LogP contribution in [0.1, 0.15) is 37.8 Å². The van der Waals surface area contributed by atoms with Crippen molar-refractivity contribution in [3.05, 3.63) is 65.4 Å². The van der Waals surface area contributed by atoms with Crippen molar-refractivity contribution in [1.82, 2.24) is 0 Å². The molecule has 0 saturated carbocycles. The Hall–Kier alpha value is -3.41. The van der Waals surface area contributed by atoms with Crippen LogP contribution in [0.3, 0.4) is 0 Å². The second-order valence-corrected chi connectivity index (χ2v) is 6.33. The third-order valence-corrected chi connectivity index (χ3v) is 4.04. The minimum atomic E-state index is -0.510. The highest BCUT2D eigenvalue weighted by atomic mass is 16.6. The molecule has 0 unspecified atom stereocenters. The van der Waals surface area contributed by atoms with Crippen LogP contribution in [0.5, 0.6) is 5.75 Å². The van der Waals surface area contributed by atoms with Crippen LogP contribution >= 0.6 is 0 Å². The van der Waals surface area contributed by atoms with Crippen molar-refractivity contribution in [2.45, 2.75) is 26.7 Å². The zero-order chi connectivity index (χ0) is 19.9. The van der Waals surface area contributed by atoms with E-state index in [4.69, 9.17) is 9.47 Å². The summed E-state index contributed by atoms with van der Waals surface area (Å²) < 4.78 is 11.1. The Labute approximate surface area is 163 Å². The molecule has 1 aliphatic heterocycles. The molecule has 0 spiro atoms. The molecular weight excluding hydrogens is 356 g/mol. The highest BCUT2D eigenvalue weighted by Gasteiger charge is 2.24. The van der Waals surface area contributed by atoms with Crippen molar-refractivity contribution in [2.24, 2.45) is 4.99 Å². The summed E-state index contributed by atoms with van der Waals surface area (Å²) in [6, 6.07) is 14.4. The van der Waals surface area contributed by atoms with E-state index in [0.29, 0.717) is 23.6 Å². The number of hydrogen-bond acceptors (Lipinski definition) is 5. The molecule has 0 aliphatic carbocycles. The average Bonchev–Trinajstić information content (AvgIpc) is 3.04. The van der Waals surface area contributed by atoms with Crippen LogP contribution < -0.4 is 10.1 Å². The molecule has 0 fully saturated rings. The van der Waals surface area contributed by atoms with E-state index in [1.54, 1.807) is 30.3 Å². The smallest absolute Gasteiger partial charge is 0.363 e. The summed E-state index contributed by atoms with van der Waals surface area (Å²) >= 11 is 0. The lowest BCUT2D eigenvalue weighted by molar-refractivity contribution is -0.129. The summed E-state index contributed by atoms with van der Waals surface area (Å²) in [5, 5.41) is 2.69.